The standard InChI is InChI=1S/C11H13Br2NOS/c12-8-9-1-2-11(10(13)7-9)14-3-5-16(15)6-4-14/h1-2,7H,3-6,8H2. The summed E-state index contributed by atoms with van der Waals surface area (Å²) >= 11 is 7.05. The van der Waals surface area contributed by atoms with Crippen molar-refractivity contribution in [2.75, 3.05) is 29.5 Å². The lowest BCUT2D eigenvalue weighted by Gasteiger charge is -2.29. The summed E-state index contributed by atoms with van der Waals surface area (Å²) in [6.45, 7) is 1.78. The van der Waals surface area contributed by atoms with Crippen molar-refractivity contribution < 1.29 is 4.21 Å². The van der Waals surface area contributed by atoms with Crippen LogP contribution in [0.25, 0.3) is 0 Å². The first-order valence-corrected chi connectivity index (χ1v) is 8.55. The van der Waals surface area contributed by atoms with Gasteiger partial charge in [-0.05, 0) is 33.6 Å². The van der Waals surface area contributed by atoms with Gasteiger partial charge < -0.3 is 4.90 Å². The van der Waals surface area contributed by atoms with E-state index in [0.29, 0.717) is 0 Å². The number of benzene rings is 1. The molecule has 0 unspecified atom stereocenters. The molecule has 2 nitrogen and oxygen atoms in total. The van der Waals surface area contributed by atoms with E-state index in [1.807, 2.05) is 0 Å². The van der Waals surface area contributed by atoms with E-state index in [2.05, 4.69) is 55.0 Å². The molecule has 1 aliphatic heterocycles. The van der Waals surface area contributed by atoms with Crippen LogP contribution in [0.1, 0.15) is 5.56 Å². The number of hydrogen-bond acceptors (Lipinski definition) is 2. The van der Waals surface area contributed by atoms with Gasteiger partial charge in [-0.2, -0.15) is 0 Å². The van der Waals surface area contributed by atoms with Gasteiger partial charge in [0.1, 0.15) is 0 Å². The second-order valence-electron chi connectivity index (χ2n) is 3.75. The average Bonchev–Trinajstić information content (AvgIpc) is 2.30. The zero-order chi connectivity index (χ0) is 11.5. The first kappa shape index (κ1) is 12.6. The molecule has 1 fully saturated rings. The molecule has 0 aromatic heterocycles. The Morgan fingerprint density at radius 3 is 2.56 bits per heavy atom. The molecule has 0 saturated carbocycles. The minimum atomic E-state index is -0.612. The highest BCUT2D eigenvalue weighted by Gasteiger charge is 2.17. The van der Waals surface area contributed by atoms with E-state index in [-0.39, 0.29) is 0 Å². The van der Waals surface area contributed by atoms with Crippen LogP contribution in [-0.4, -0.2) is 28.8 Å². The third-order valence-electron chi connectivity index (χ3n) is 2.68. The maximum atomic E-state index is 11.3. The van der Waals surface area contributed by atoms with Crippen LogP contribution in [0.5, 0.6) is 0 Å². The molecule has 1 aromatic rings. The molecular formula is C11H13Br2NOS. The van der Waals surface area contributed by atoms with E-state index in [1.165, 1.54) is 11.3 Å². The van der Waals surface area contributed by atoms with E-state index < -0.39 is 10.8 Å². The minimum Gasteiger partial charge on any atom is -0.369 e. The smallest absolute Gasteiger partial charge is 0.0511 e. The van der Waals surface area contributed by atoms with Crippen molar-refractivity contribution in [1.29, 1.82) is 0 Å². The van der Waals surface area contributed by atoms with Crippen molar-refractivity contribution in [3.05, 3.63) is 28.2 Å². The van der Waals surface area contributed by atoms with Gasteiger partial charge in [-0.1, -0.05) is 22.0 Å². The molecule has 0 aliphatic carbocycles. The molecule has 0 spiro atoms. The third-order valence-corrected chi connectivity index (χ3v) is 5.24. The summed E-state index contributed by atoms with van der Waals surface area (Å²) in [6.07, 6.45) is 0. The molecule has 0 amide bonds. The van der Waals surface area contributed by atoms with Crippen molar-refractivity contribution in [2.24, 2.45) is 0 Å². The zero-order valence-corrected chi connectivity index (χ0v) is 12.8. The van der Waals surface area contributed by atoms with E-state index in [9.17, 15) is 4.21 Å². The molecule has 1 heterocycles. The monoisotopic (exact) mass is 365 g/mol. The fourth-order valence-electron chi connectivity index (χ4n) is 1.77. The Bertz CT molecular complexity index is 401. The van der Waals surface area contributed by atoms with E-state index in [0.717, 1.165) is 34.4 Å². The van der Waals surface area contributed by atoms with Crippen LogP contribution in [0.3, 0.4) is 0 Å². The zero-order valence-electron chi connectivity index (χ0n) is 8.79. The Morgan fingerprint density at radius 1 is 1.31 bits per heavy atom. The van der Waals surface area contributed by atoms with Crippen LogP contribution in [0.15, 0.2) is 22.7 Å². The fraction of sp³-hybridized carbons (Fsp3) is 0.455. The Kier molecular flexibility index (Phi) is 4.44. The minimum absolute atomic E-state index is 0.612. The number of nitrogens with zero attached hydrogens (tertiary/aromatic N) is 1. The first-order valence-electron chi connectivity index (χ1n) is 5.15. The number of anilines is 1. The van der Waals surface area contributed by atoms with Gasteiger partial charge in [-0.25, -0.2) is 0 Å². The lowest BCUT2D eigenvalue weighted by molar-refractivity contribution is 0.673. The molecule has 0 atom stereocenters. The second kappa shape index (κ2) is 5.65. The molecule has 2 rings (SSSR count). The SMILES string of the molecule is O=S1CCN(c2ccc(CBr)cc2Br)CC1. The number of rotatable bonds is 2. The summed E-state index contributed by atoms with van der Waals surface area (Å²) in [5.74, 6) is 1.57. The topological polar surface area (TPSA) is 20.3 Å². The highest BCUT2D eigenvalue weighted by molar-refractivity contribution is 9.10. The quantitative estimate of drug-likeness (QED) is 0.750. The highest BCUT2D eigenvalue weighted by Crippen LogP contribution is 2.28. The van der Waals surface area contributed by atoms with E-state index >= 15 is 0 Å². The van der Waals surface area contributed by atoms with Gasteiger partial charge in [0.15, 0.2) is 0 Å². The highest BCUT2D eigenvalue weighted by atomic mass is 79.9. The van der Waals surface area contributed by atoms with Crippen LogP contribution in [0.2, 0.25) is 0 Å². The lowest BCUT2D eigenvalue weighted by Crippen LogP contribution is -2.37. The van der Waals surface area contributed by atoms with Crippen LogP contribution >= 0.6 is 31.9 Å². The van der Waals surface area contributed by atoms with Crippen molar-refractivity contribution >= 4 is 48.3 Å². The predicted molar refractivity (Wildman–Crippen MR) is 76.9 cm³/mol. The Hall–Kier alpha value is 0.130. The first-order chi connectivity index (χ1) is 7.70. The summed E-state index contributed by atoms with van der Waals surface area (Å²) in [6, 6.07) is 6.39. The van der Waals surface area contributed by atoms with Crippen LogP contribution in [0, 0.1) is 0 Å². The summed E-state index contributed by atoms with van der Waals surface area (Å²) in [5.41, 5.74) is 2.47. The Balaban J connectivity index is 2.17. The molecule has 5 heteroatoms. The molecule has 1 saturated heterocycles. The number of hydrogen-bond donors (Lipinski definition) is 0. The lowest BCUT2D eigenvalue weighted by atomic mass is 10.2. The molecule has 88 valence electrons. The van der Waals surface area contributed by atoms with Gasteiger partial charge in [0.25, 0.3) is 0 Å². The largest absolute Gasteiger partial charge is 0.369 e. The van der Waals surface area contributed by atoms with Gasteiger partial charge in [0, 0.05) is 45.2 Å². The van der Waals surface area contributed by atoms with Gasteiger partial charge >= 0.3 is 0 Å². The molecule has 16 heavy (non-hydrogen) atoms. The summed E-state index contributed by atoms with van der Waals surface area (Å²) < 4.78 is 12.4. The average molecular weight is 367 g/mol. The maximum Gasteiger partial charge on any atom is 0.0511 e. The van der Waals surface area contributed by atoms with Crippen LogP contribution in [-0.2, 0) is 16.1 Å². The van der Waals surface area contributed by atoms with Gasteiger partial charge in [-0.3, -0.25) is 4.21 Å². The third kappa shape index (κ3) is 2.87. The van der Waals surface area contributed by atoms with Gasteiger partial charge in [-0.15, -0.1) is 0 Å². The van der Waals surface area contributed by atoms with Crippen LogP contribution < -0.4 is 4.90 Å². The maximum absolute atomic E-state index is 11.3. The normalized spacial score (nSPS) is 17.8. The predicted octanol–water partition coefficient (Wildman–Crippen LogP) is 2.91. The number of halogens is 2. The van der Waals surface area contributed by atoms with Crippen LogP contribution in [0.4, 0.5) is 5.69 Å². The molecule has 1 aliphatic rings. The van der Waals surface area contributed by atoms with Crippen molar-refractivity contribution in [1.82, 2.24) is 0 Å². The Morgan fingerprint density at radius 2 is 2.00 bits per heavy atom. The van der Waals surface area contributed by atoms with Gasteiger partial charge in [0.2, 0.25) is 0 Å². The molecular weight excluding hydrogens is 354 g/mol. The van der Waals surface area contributed by atoms with E-state index in [1.54, 1.807) is 0 Å². The van der Waals surface area contributed by atoms with Crippen molar-refractivity contribution in [3.63, 3.8) is 0 Å². The number of alkyl halides is 1. The second-order valence-corrected chi connectivity index (χ2v) is 6.87. The van der Waals surface area contributed by atoms with Crippen molar-refractivity contribution in [2.45, 2.75) is 5.33 Å². The molecule has 1 aromatic carbocycles. The molecule has 0 N–H and O–H groups in total. The van der Waals surface area contributed by atoms with E-state index in [4.69, 9.17) is 0 Å². The summed E-state index contributed by atoms with van der Waals surface area (Å²) in [5, 5.41) is 0.871. The fourth-order valence-corrected chi connectivity index (χ4v) is 3.85. The Labute approximate surface area is 115 Å². The van der Waals surface area contributed by atoms with Crippen molar-refractivity contribution in [3.8, 4) is 0 Å². The summed E-state index contributed by atoms with van der Waals surface area (Å²) in [4.78, 5) is 2.30. The molecule has 0 radical (unpaired) electrons. The molecule has 0 bridgehead atoms. The van der Waals surface area contributed by atoms with Gasteiger partial charge in [0.05, 0.1) is 5.69 Å². The summed E-state index contributed by atoms with van der Waals surface area (Å²) in [7, 11) is -0.612.